The largest absolute Gasteiger partial charge is 2.00 e. The molecule has 0 bridgehead atoms. The Labute approximate surface area is 425 Å². The summed E-state index contributed by atoms with van der Waals surface area (Å²) in [5.74, 6) is 1.79. The van der Waals surface area contributed by atoms with Gasteiger partial charge in [-0.05, 0) is 109 Å². The number of nitrogens with zero attached hydrogens (tertiary/aromatic N) is 5. The Morgan fingerprint density at radius 3 is 1.64 bits per heavy atom. The summed E-state index contributed by atoms with van der Waals surface area (Å²) in [5, 5.41) is 9.34. The van der Waals surface area contributed by atoms with Crippen molar-refractivity contribution in [1.82, 2.24) is 20.0 Å². The number of benzene rings is 6. The van der Waals surface area contributed by atoms with Crippen LogP contribution in [0.2, 0.25) is 0 Å². The van der Waals surface area contributed by atoms with Gasteiger partial charge in [-0.1, -0.05) is 156 Å². The fourth-order valence-electron chi connectivity index (χ4n) is 9.76. The zero-order valence-corrected chi connectivity index (χ0v) is 44.7. The molecule has 9 rings (SSSR count). The SMILES string of the molecule is CC(C)c1cccc(C(C)C)c1-c1cn(-c2[c-]c(Oc3[c-]c(C4(c5ccccn5)c5cc(C(C)(C)C)ccc5N(c5ccc(C(C)(C)C)cc5)c5ccc(C(C)(C)C)cc54)ccc3)ccc2)nn1.[Pt+2]. The summed E-state index contributed by atoms with van der Waals surface area (Å²) in [6, 6.07) is 55.5. The Kier molecular flexibility index (Phi) is 13.3. The molecule has 0 unspecified atom stereocenters. The van der Waals surface area contributed by atoms with E-state index >= 15 is 0 Å². The zero-order chi connectivity index (χ0) is 48.3. The average molecular weight is 1090 g/mol. The van der Waals surface area contributed by atoms with Gasteiger partial charge < -0.3 is 9.64 Å². The minimum atomic E-state index is -0.903. The van der Waals surface area contributed by atoms with Crippen molar-refractivity contribution >= 4 is 17.1 Å². The quantitative estimate of drug-likeness (QED) is 0.135. The predicted molar refractivity (Wildman–Crippen MR) is 280 cm³/mol. The summed E-state index contributed by atoms with van der Waals surface area (Å²) in [6.45, 7) is 29.4. The predicted octanol–water partition coefficient (Wildman–Crippen LogP) is 16.0. The molecule has 0 saturated heterocycles. The molecular weight excluding hydrogens is 1030 g/mol. The van der Waals surface area contributed by atoms with Crippen molar-refractivity contribution in [3.63, 3.8) is 0 Å². The molecule has 1 aliphatic rings. The maximum absolute atomic E-state index is 6.80. The van der Waals surface area contributed by atoms with Gasteiger partial charge in [-0.25, -0.2) is 4.68 Å². The van der Waals surface area contributed by atoms with Gasteiger partial charge in [-0.15, -0.1) is 41.0 Å². The molecule has 354 valence electrons. The Bertz CT molecular complexity index is 3020. The van der Waals surface area contributed by atoms with E-state index in [1.165, 1.54) is 27.8 Å². The second-order valence-electron chi connectivity index (χ2n) is 22.2. The van der Waals surface area contributed by atoms with Crippen LogP contribution in [-0.4, -0.2) is 20.0 Å². The third kappa shape index (κ3) is 9.26. The van der Waals surface area contributed by atoms with Crippen molar-refractivity contribution in [2.75, 3.05) is 4.90 Å². The Morgan fingerprint density at radius 2 is 1.10 bits per heavy atom. The van der Waals surface area contributed by atoms with E-state index in [1.54, 1.807) is 4.68 Å². The summed E-state index contributed by atoms with van der Waals surface area (Å²) in [5.41, 5.74) is 15.2. The van der Waals surface area contributed by atoms with Crippen molar-refractivity contribution in [2.24, 2.45) is 0 Å². The molecule has 6 aromatic carbocycles. The Morgan fingerprint density at radius 1 is 0.565 bits per heavy atom. The molecule has 0 radical (unpaired) electrons. The molecule has 0 fully saturated rings. The van der Waals surface area contributed by atoms with Crippen LogP contribution < -0.4 is 9.64 Å². The van der Waals surface area contributed by atoms with Crippen molar-refractivity contribution in [3.05, 3.63) is 208 Å². The second-order valence-corrected chi connectivity index (χ2v) is 22.2. The van der Waals surface area contributed by atoms with Gasteiger partial charge in [0.05, 0.1) is 28.7 Å². The van der Waals surface area contributed by atoms with E-state index in [0.717, 1.165) is 56.4 Å². The summed E-state index contributed by atoms with van der Waals surface area (Å²) in [6.07, 6.45) is 3.92. The molecule has 7 heteroatoms. The van der Waals surface area contributed by atoms with Crippen LogP contribution >= 0.6 is 0 Å². The van der Waals surface area contributed by atoms with Gasteiger partial charge in [0.15, 0.2) is 0 Å². The van der Waals surface area contributed by atoms with Crippen molar-refractivity contribution < 1.29 is 25.8 Å². The minimum Gasteiger partial charge on any atom is -0.509 e. The molecule has 69 heavy (non-hydrogen) atoms. The maximum Gasteiger partial charge on any atom is 2.00 e. The summed E-state index contributed by atoms with van der Waals surface area (Å²) in [4.78, 5) is 7.72. The van der Waals surface area contributed by atoms with E-state index in [4.69, 9.17) is 14.8 Å². The average Bonchev–Trinajstić information content (AvgIpc) is 3.80. The van der Waals surface area contributed by atoms with Crippen LogP contribution in [-0.2, 0) is 42.7 Å². The molecule has 0 atom stereocenters. The van der Waals surface area contributed by atoms with Crippen molar-refractivity contribution in [1.29, 1.82) is 0 Å². The number of ether oxygens (including phenoxy) is 1. The van der Waals surface area contributed by atoms with Gasteiger partial charge >= 0.3 is 21.1 Å². The van der Waals surface area contributed by atoms with Crippen LogP contribution in [0.5, 0.6) is 11.5 Å². The van der Waals surface area contributed by atoms with E-state index < -0.39 is 5.41 Å². The fraction of sp³-hybridized carbons (Fsp3) is 0.306. The van der Waals surface area contributed by atoms with E-state index in [0.29, 0.717) is 23.3 Å². The molecule has 2 aromatic heterocycles. The third-order valence-electron chi connectivity index (χ3n) is 13.6. The smallest absolute Gasteiger partial charge is 0.509 e. The van der Waals surface area contributed by atoms with Crippen LogP contribution in [0.25, 0.3) is 16.9 Å². The van der Waals surface area contributed by atoms with E-state index in [2.05, 4.69) is 215 Å². The van der Waals surface area contributed by atoms with Crippen molar-refractivity contribution in [3.8, 4) is 28.4 Å². The number of hydrogen-bond acceptors (Lipinski definition) is 5. The molecule has 0 aliphatic carbocycles. The van der Waals surface area contributed by atoms with E-state index in [9.17, 15) is 0 Å². The normalized spacial score (nSPS) is 13.5. The van der Waals surface area contributed by atoms with E-state index in [1.807, 2.05) is 42.7 Å². The topological polar surface area (TPSA) is 56.1 Å². The first-order valence-electron chi connectivity index (χ1n) is 24.2. The molecule has 8 aromatic rings. The molecule has 3 heterocycles. The number of anilines is 3. The number of rotatable bonds is 9. The monoisotopic (exact) mass is 1090 g/mol. The van der Waals surface area contributed by atoms with Gasteiger partial charge in [-0.3, -0.25) is 4.98 Å². The molecule has 6 nitrogen and oxygen atoms in total. The van der Waals surface area contributed by atoms with Gasteiger partial charge in [0, 0.05) is 28.9 Å². The number of fused-ring (bicyclic) bond motifs is 2. The number of aromatic nitrogens is 4. The molecule has 0 spiro atoms. The molecule has 0 saturated carbocycles. The fourth-order valence-corrected chi connectivity index (χ4v) is 9.76. The molecule has 0 amide bonds. The summed E-state index contributed by atoms with van der Waals surface area (Å²) < 4.78 is 8.59. The third-order valence-corrected chi connectivity index (χ3v) is 13.6. The van der Waals surface area contributed by atoms with Crippen LogP contribution in [0.15, 0.2) is 146 Å². The second kappa shape index (κ2) is 18.7. The number of hydrogen-bond donors (Lipinski definition) is 0. The Balaban J connectivity index is 0.00000642. The van der Waals surface area contributed by atoms with Gasteiger partial charge in [0.2, 0.25) is 0 Å². The summed E-state index contributed by atoms with van der Waals surface area (Å²) in [7, 11) is 0. The van der Waals surface area contributed by atoms with Crippen LogP contribution in [0, 0.1) is 12.1 Å². The minimum absolute atomic E-state index is 0. The van der Waals surface area contributed by atoms with Crippen LogP contribution in [0.1, 0.15) is 152 Å². The maximum atomic E-state index is 6.80. The van der Waals surface area contributed by atoms with E-state index in [-0.39, 0.29) is 37.3 Å². The standard InChI is InChI=1S/C62H65N5O.Pt/c1-40(2)50-23-18-24-51(41(3)4)58(50)54-39-66(65-64-54)47-20-17-22-49(38-47)68-48-21-16-19-45(35-48)62(57-25-14-15-34-63-57)52-36-43(60(8,9)10)28-32-55(52)67(46-30-26-42(27-31-46)59(5,6)7)56-33-29-44(37-53(56)62)61(11,12)13;/h14-34,36-37,39-41H,1-13H3;/q-2;+2. The molecule has 0 N–H and O–H groups in total. The van der Waals surface area contributed by atoms with Crippen LogP contribution in [0.4, 0.5) is 17.1 Å². The van der Waals surface area contributed by atoms with Crippen molar-refractivity contribution in [2.45, 2.75) is 124 Å². The molecular formula is C62H65N5OPt. The molecule has 1 aliphatic heterocycles. The van der Waals surface area contributed by atoms with Gasteiger partial charge in [0.1, 0.15) is 5.69 Å². The Hall–Kier alpha value is -6.10. The summed E-state index contributed by atoms with van der Waals surface area (Å²) >= 11 is 0. The zero-order valence-electron chi connectivity index (χ0n) is 42.5. The first-order valence-corrected chi connectivity index (χ1v) is 24.2. The number of pyridine rings is 1. The van der Waals surface area contributed by atoms with Crippen LogP contribution in [0.3, 0.4) is 0 Å². The van der Waals surface area contributed by atoms with Gasteiger partial charge in [0.25, 0.3) is 0 Å². The first kappa shape index (κ1) is 49.3. The van der Waals surface area contributed by atoms with Gasteiger partial charge in [-0.2, -0.15) is 18.2 Å². The first-order chi connectivity index (χ1) is 32.2.